The van der Waals surface area contributed by atoms with E-state index in [4.69, 9.17) is 4.74 Å². The third-order valence-electron chi connectivity index (χ3n) is 2.00. The predicted molar refractivity (Wildman–Crippen MR) is 53.6 cm³/mol. The van der Waals surface area contributed by atoms with Gasteiger partial charge in [0.15, 0.2) is 0 Å². The number of hydrazine groups is 1. The number of nitrogens with one attached hydrogen (secondary N) is 1. The SMILES string of the molecule is CC(CS)C(=O)NN1CCOCC1. The van der Waals surface area contributed by atoms with Crippen molar-refractivity contribution in [1.29, 1.82) is 0 Å². The first-order valence-corrected chi connectivity index (χ1v) is 5.11. The lowest BCUT2D eigenvalue weighted by atomic mass is 10.2. The van der Waals surface area contributed by atoms with E-state index >= 15 is 0 Å². The largest absolute Gasteiger partial charge is 0.379 e. The zero-order chi connectivity index (χ0) is 9.68. The van der Waals surface area contributed by atoms with Crippen LogP contribution in [0.3, 0.4) is 0 Å². The Kier molecular flexibility index (Phi) is 4.55. The van der Waals surface area contributed by atoms with Crippen LogP contribution in [0, 0.1) is 5.92 Å². The summed E-state index contributed by atoms with van der Waals surface area (Å²) in [6.45, 7) is 4.78. The molecule has 4 nitrogen and oxygen atoms in total. The molecule has 1 fully saturated rings. The summed E-state index contributed by atoms with van der Waals surface area (Å²) in [5.74, 6) is 0.582. The van der Waals surface area contributed by atoms with Crippen molar-refractivity contribution < 1.29 is 9.53 Å². The summed E-state index contributed by atoms with van der Waals surface area (Å²) in [5, 5.41) is 1.89. The van der Waals surface area contributed by atoms with Gasteiger partial charge in [-0.3, -0.25) is 10.2 Å². The molecule has 1 amide bonds. The summed E-state index contributed by atoms with van der Waals surface area (Å²) in [6, 6.07) is 0. The van der Waals surface area contributed by atoms with Gasteiger partial charge < -0.3 is 4.74 Å². The van der Waals surface area contributed by atoms with E-state index in [0.29, 0.717) is 19.0 Å². The van der Waals surface area contributed by atoms with Gasteiger partial charge in [-0.25, -0.2) is 5.01 Å². The molecule has 5 heteroatoms. The average Bonchev–Trinajstić information content (AvgIpc) is 2.18. The van der Waals surface area contributed by atoms with Crippen molar-refractivity contribution in [3.05, 3.63) is 0 Å². The number of carbonyl (C=O) groups is 1. The molecule has 0 aromatic rings. The van der Waals surface area contributed by atoms with Crippen molar-refractivity contribution in [2.24, 2.45) is 5.92 Å². The Labute approximate surface area is 84.0 Å². The summed E-state index contributed by atoms with van der Waals surface area (Å²) in [6.07, 6.45) is 0. The van der Waals surface area contributed by atoms with Crippen molar-refractivity contribution in [1.82, 2.24) is 10.4 Å². The molecule has 1 atom stereocenters. The highest BCUT2D eigenvalue weighted by molar-refractivity contribution is 7.80. The third-order valence-corrected chi connectivity index (χ3v) is 2.55. The molecule has 0 aromatic carbocycles. The maximum absolute atomic E-state index is 11.4. The molecule has 0 saturated carbocycles. The van der Waals surface area contributed by atoms with Crippen LogP contribution in [-0.2, 0) is 9.53 Å². The Balaban J connectivity index is 2.26. The summed E-state index contributed by atoms with van der Waals surface area (Å²) < 4.78 is 5.16. The molecule has 0 radical (unpaired) electrons. The quantitative estimate of drug-likeness (QED) is 0.632. The average molecular weight is 204 g/mol. The standard InChI is InChI=1S/C8H16N2O2S/c1-7(6-13)8(11)9-10-2-4-12-5-3-10/h7,13H,2-6H2,1H3,(H,9,11). The van der Waals surface area contributed by atoms with Gasteiger partial charge in [0.25, 0.3) is 0 Å². The highest BCUT2D eigenvalue weighted by Gasteiger charge is 2.16. The number of nitrogens with zero attached hydrogens (tertiary/aromatic N) is 1. The maximum Gasteiger partial charge on any atom is 0.237 e. The normalized spacial score (nSPS) is 21.1. The minimum absolute atomic E-state index is 0.0359. The number of carbonyl (C=O) groups excluding carboxylic acids is 1. The Hall–Kier alpha value is -0.260. The van der Waals surface area contributed by atoms with Crippen LogP contribution in [0.15, 0.2) is 0 Å². The fourth-order valence-electron chi connectivity index (χ4n) is 1.02. The second kappa shape index (κ2) is 5.47. The Morgan fingerprint density at radius 1 is 1.62 bits per heavy atom. The number of ether oxygens (including phenoxy) is 1. The van der Waals surface area contributed by atoms with E-state index in [-0.39, 0.29) is 11.8 Å². The van der Waals surface area contributed by atoms with E-state index in [0.717, 1.165) is 13.1 Å². The molecule has 1 unspecified atom stereocenters. The van der Waals surface area contributed by atoms with E-state index in [2.05, 4.69) is 18.1 Å². The lowest BCUT2D eigenvalue weighted by Gasteiger charge is -2.27. The van der Waals surface area contributed by atoms with Crippen LogP contribution in [0.4, 0.5) is 0 Å². The highest BCUT2D eigenvalue weighted by Crippen LogP contribution is 1.99. The van der Waals surface area contributed by atoms with Gasteiger partial charge >= 0.3 is 0 Å². The van der Waals surface area contributed by atoms with Crippen molar-refractivity contribution in [3.8, 4) is 0 Å². The highest BCUT2D eigenvalue weighted by atomic mass is 32.1. The van der Waals surface area contributed by atoms with E-state index in [1.165, 1.54) is 0 Å². The minimum Gasteiger partial charge on any atom is -0.379 e. The molecule has 0 bridgehead atoms. The van der Waals surface area contributed by atoms with Crippen LogP contribution in [0.1, 0.15) is 6.92 Å². The van der Waals surface area contributed by atoms with Gasteiger partial charge in [-0.2, -0.15) is 12.6 Å². The molecule has 0 spiro atoms. The first-order valence-electron chi connectivity index (χ1n) is 4.48. The molecule has 1 aliphatic heterocycles. The zero-order valence-corrected chi connectivity index (χ0v) is 8.72. The number of hydrogen-bond acceptors (Lipinski definition) is 4. The van der Waals surface area contributed by atoms with Gasteiger partial charge in [-0.15, -0.1) is 0 Å². The summed E-state index contributed by atoms with van der Waals surface area (Å²) in [5.41, 5.74) is 2.84. The zero-order valence-electron chi connectivity index (χ0n) is 7.82. The molecular formula is C8H16N2O2S. The molecule has 1 aliphatic rings. The number of thiol groups is 1. The third kappa shape index (κ3) is 3.54. The molecule has 1 saturated heterocycles. The molecular weight excluding hydrogens is 188 g/mol. The summed E-state index contributed by atoms with van der Waals surface area (Å²) >= 11 is 4.07. The van der Waals surface area contributed by atoms with Crippen molar-refractivity contribution in [2.45, 2.75) is 6.92 Å². The molecule has 1 N–H and O–H groups in total. The van der Waals surface area contributed by atoms with Crippen LogP contribution in [0.5, 0.6) is 0 Å². The van der Waals surface area contributed by atoms with Crippen LogP contribution in [0.2, 0.25) is 0 Å². The van der Waals surface area contributed by atoms with Gasteiger partial charge in [0.1, 0.15) is 0 Å². The Bertz CT molecular complexity index is 172. The fraction of sp³-hybridized carbons (Fsp3) is 0.875. The smallest absolute Gasteiger partial charge is 0.237 e. The molecule has 76 valence electrons. The van der Waals surface area contributed by atoms with Gasteiger partial charge in [0, 0.05) is 24.8 Å². The molecule has 0 aliphatic carbocycles. The van der Waals surface area contributed by atoms with Crippen LogP contribution in [0.25, 0.3) is 0 Å². The summed E-state index contributed by atoms with van der Waals surface area (Å²) in [7, 11) is 0. The van der Waals surface area contributed by atoms with E-state index in [1.807, 2.05) is 11.9 Å². The lowest BCUT2D eigenvalue weighted by Crippen LogP contribution is -2.50. The van der Waals surface area contributed by atoms with Crippen molar-refractivity contribution in [2.75, 3.05) is 32.1 Å². The number of amides is 1. The summed E-state index contributed by atoms with van der Waals surface area (Å²) in [4.78, 5) is 11.4. The molecule has 1 heterocycles. The fourth-order valence-corrected chi connectivity index (χ4v) is 1.19. The Morgan fingerprint density at radius 2 is 2.23 bits per heavy atom. The first kappa shape index (κ1) is 10.8. The van der Waals surface area contributed by atoms with Gasteiger partial charge in [0.2, 0.25) is 5.91 Å². The second-order valence-electron chi connectivity index (χ2n) is 3.16. The van der Waals surface area contributed by atoms with Crippen LogP contribution >= 0.6 is 12.6 Å². The van der Waals surface area contributed by atoms with Crippen LogP contribution < -0.4 is 5.43 Å². The monoisotopic (exact) mass is 204 g/mol. The minimum atomic E-state index is -0.0359. The molecule has 13 heavy (non-hydrogen) atoms. The van der Waals surface area contributed by atoms with Gasteiger partial charge in [0.05, 0.1) is 13.2 Å². The molecule has 0 aromatic heterocycles. The topological polar surface area (TPSA) is 41.6 Å². The van der Waals surface area contributed by atoms with Gasteiger partial charge in [-0.1, -0.05) is 6.92 Å². The first-order chi connectivity index (χ1) is 6.24. The van der Waals surface area contributed by atoms with Crippen molar-refractivity contribution >= 4 is 18.5 Å². The maximum atomic E-state index is 11.4. The van der Waals surface area contributed by atoms with E-state index in [1.54, 1.807) is 0 Å². The second-order valence-corrected chi connectivity index (χ2v) is 3.52. The van der Waals surface area contributed by atoms with Gasteiger partial charge in [-0.05, 0) is 0 Å². The molecule has 1 rings (SSSR count). The number of morpholine rings is 1. The lowest BCUT2D eigenvalue weighted by molar-refractivity contribution is -0.130. The number of rotatable bonds is 3. The Morgan fingerprint density at radius 3 is 2.77 bits per heavy atom. The van der Waals surface area contributed by atoms with Crippen LogP contribution in [-0.4, -0.2) is 43.0 Å². The van der Waals surface area contributed by atoms with Crippen molar-refractivity contribution in [3.63, 3.8) is 0 Å². The van der Waals surface area contributed by atoms with E-state index in [9.17, 15) is 4.79 Å². The number of hydrogen-bond donors (Lipinski definition) is 2. The predicted octanol–water partition coefficient (Wildman–Crippen LogP) is -0.0843. The van der Waals surface area contributed by atoms with E-state index < -0.39 is 0 Å².